The summed E-state index contributed by atoms with van der Waals surface area (Å²) in [6.07, 6.45) is 5.16. The van der Waals surface area contributed by atoms with Gasteiger partial charge in [-0.05, 0) is 89.7 Å². The summed E-state index contributed by atoms with van der Waals surface area (Å²) in [7, 11) is 1.72. The first kappa shape index (κ1) is 27.2. The van der Waals surface area contributed by atoms with Crippen molar-refractivity contribution in [3.05, 3.63) is 29.8 Å². The van der Waals surface area contributed by atoms with E-state index in [4.69, 9.17) is 9.73 Å². The largest absolute Gasteiger partial charge is 0.497 e. The summed E-state index contributed by atoms with van der Waals surface area (Å²) in [4.78, 5) is 10.2. The fourth-order valence-corrected chi connectivity index (χ4v) is 4.80. The smallest absolute Gasteiger partial charge is 0.191 e. The van der Waals surface area contributed by atoms with E-state index >= 15 is 0 Å². The van der Waals surface area contributed by atoms with E-state index in [-0.39, 0.29) is 24.0 Å². The minimum atomic E-state index is 0. The van der Waals surface area contributed by atoms with E-state index in [0.29, 0.717) is 18.0 Å². The first-order valence-corrected chi connectivity index (χ1v) is 12.2. The molecule has 2 atom stereocenters. The van der Waals surface area contributed by atoms with Crippen LogP contribution in [0.15, 0.2) is 29.3 Å². The summed E-state index contributed by atoms with van der Waals surface area (Å²) >= 11 is 0. The van der Waals surface area contributed by atoms with Gasteiger partial charge >= 0.3 is 0 Å². The molecule has 2 unspecified atom stereocenters. The minimum Gasteiger partial charge on any atom is -0.497 e. The third kappa shape index (κ3) is 8.06. The van der Waals surface area contributed by atoms with Crippen LogP contribution in [0.25, 0.3) is 0 Å². The van der Waals surface area contributed by atoms with Crippen LogP contribution in [-0.2, 0) is 0 Å². The van der Waals surface area contributed by atoms with Gasteiger partial charge in [-0.3, -0.25) is 9.89 Å². The number of nitrogens with one attached hydrogen (secondary N) is 2. The van der Waals surface area contributed by atoms with Gasteiger partial charge in [0, 0.05) is 25.7 Å². The lowest BCUT2D eigenvalue weighted by molar-refractivity contribution is 0.141. The number of hydrogen-bond acceptors (Lipinski definition) is 4. The molecule has 2 saturated heterocycles. The van der Waals surface area contributed by atoms with Gasteiger partial charge < -0.3 is 20.3 Å². The molecule has 0 aliphatic carbocycles. The lowest BCUT2D eigenvalue weighted by Crippen LogP contribution is -2.46. The molecule has 0 radical (unpaired) electrons. The van der Waals surface area contributed by atoms with Crippen LogP contribution in [0.5, 0.6) is 5.75 Å². The number of aliphatic imine (C=N–C) groups is 1. The van der Waals surface area contributed by atoms with Gasteiger partial charge in [0.25, 0.3) is 0 Å². The van der Waals surface area contributed by atoms with Crippen molar-refractivity contribution >= 4 is 29.9 Å². The Morgan fingerprint density at radius 3 is 2.38 bits per heavy atom. The number of nitrogens with zero attached hydrogens (tertiary/aromatic N) is 3. The maximum Gasteiger partial charge on any atom is 0.191 e. The number of halogens is 1. The molecule has 0 saturated carbocycles. The van der Waals surface area contributed by atoms with Gasteiger partial charge in [0.05, 0.1) is 19.7 Å². The van der Waals surface area contributed by atoms with Gasteiger partial charge in [0.1, 0.15) is 5.75 Å². The summed E-state index contributed by atoms with van der Waals surface area (Å²) in [6, 6.07) is 9.47. The monoisotopic (exact) mass is 557 g/mol. The molecule has 2 aliphatic rings. The fourth-order valence-electron chi connectivity index (χ4n) is 4.80. The topological polar surface area (TPSA) is 52.1 Å². The molecule has 7 heteroatoms. The Labute approximate surface area is 212 Å². The number of ether oxygens (including phenoxy) is 1. The van der Waals surface area contributed by atoms with Crippen LogP contribution in [0.4, 0.5) is 0 Å². The fraction of sp³-hybridized carbons (Fsp3) is 0.720. The van der Waals surface area contributed by atoms with Crippen LogP contribution in [0, 0.1) is 5.92 Å². The third-order valence-corrected chi connectivity index (χ3v) is 6.69. The highest BCUT2D eigenvalue weighted by Gasteiger charge is 2.24. The van der Waals surface area contributed by atoms with Gasteiger partial charge in [0.2, 0.25) is 0 Å². The minimum absolute atomic E-state index is 0. The quantitative estimate of drug-likeness (QED) is 0.272. The van der Waals surface area contributed by atoms with Crippen LogP contribution in [-0.4, -0.2) is 74.7 Å². The summed E-state index contributed by atoms with van der Waals surface area (Å²) in [5.41, 5.74) is 1.32. The lowest BCUT2D eigenvalue weighted by Gasteiger charge is -2.35. The molecule has 2 N–H and O–H groups in total. The number of methoxy groups -OCH3 is 1. The second-order valence-corrected chi connectivity index (χ2v) is 9.23. The highest BCUT2D eigenvalue weighted by Crippen LogP contribution is 2.27. The molecule has 2 fully saturated rings. The van der Waals surface area contributed by atoms with Crippen molar-refractivity contribution < 1.29 is 4.74 Å². The SMILES string of the molecule is CCNC(=NCC(c1ccc(OC)cc1)N1CCCC1)NCC1CCCN(C(C)C)C1.I. The second kappa shape index (κ2) is 14.3. The van der Waals surface area contributed by atoms with Crippen molar-refractivity contribution in [1.82, 2.24) is 20.4 Å². The number of hydrogen-bond donors (Lipinski definition) is 2. The molecule has 0 bridgehead atoms. The van der Waals surface area contributed by atoms with Crippen molar-refractivity contribution in [3.8, 4) is 5.75 Å². The normalized spacial score (nSPS) is 21.3. The highest BCUT2D eigenvalue weighted by atomic mass is 127. The average Bonchev–Trinajstić information content (AvgIpc) is 3.32. The summed E-state index contributed by atoms with van der Waals surface area (Å²) in [5, 5.41) is 7.10. The number of benzene rings is 1. The van der Waals surface area contributed by atoms with E-state index in [9.17, 15) is 0 Å². The first-order chi connectivity index (χ1) is 15.1. The molecule has 182 valence electrons. The standard InChI is InChI=1S/C25H43N5O.HI/c1-5-26-25(27-17-21-9-8-16-30(19-21)20(2)3)28-18-24(29-14-6-7-15-29)22-10-12-23(31-4)13-11-22;/h10-13,20-21,24H,5-9,14-19H2,1-4H3,(H2,26,27,28);1H. The molecule has 0 amide bonds. The Morgan fingerprint density at radius 1 is 1.06 bits per heavy atom. The number of rotatable bonds is 9. The zero-order valence-electron chi connectivity index (χ0n) is 20.5. The summed E-state index contributed by atoms with van der Waals surface area (Å²) in [5.74, 6) is 2.54. The molecule has 32 heavy (non-hydrogen) atoms. The molecule has 6 nitrogen and oxygen atoms in total. The van der Waals surface area contributed by atoms with Crippen LogP contribution >= 0.6 is 24.0 Å². The van der Waals surface area contributed by atoms with Crippen LogP contribution in [0.3, 0.4) is 0 Å². The molecule has 3 rings (SSSR count). The van der Waals surface area contributed by atoms with E-state index in [2.05, 4.69) is 65.5 Å². The Hall–Kier alpha value is -1.06. The highest BCUT2D eigenvalue weighted by molar-refractivity contribution is 14.0. The molecule has 2 heterocycles. The Kier molecular flexibility index (Phi) is 12.1. The predicted octanol–water partition coefficient (Wildman–Crippen LogP) is 4.13. The molecule has 0 spiro atoms. The van der Waals surface area contributed by atoms with E-state index in [1.807, 2.05) is 0 Å². The van der Waals surface area contributed by atoms with Crippen LogP contribution < -0.4 is 15.4 Å². The van der Waals surface area contributed by atoms with Crippen molar-refractivity contribution in [2.75, 3.05) is 52.9 Å². The second-order valence-electron chi connectivity index (χ2n) is 9.23. The third-order valence-electron chi connectivity index (χ3n) is 6.69. The van der Waals surface area contributed by atoms with Gasteiger partial charge in [-0.25, -0.2) is 0 Å². The van der Waals surface area contributed by atoms with Crippen molar-refractivity contribution in [3.63, 3.8) is 0 Å². The van der Waals surface area contributed by atoms with Crippen LogP contribution in [0.1, 0.15) is 58.1 Å². The number of piperidine rings is 1. The van der Waals surface area contributed by atoms with Gasteiger partial charge in [0.15, 0.2) is 5.96 Å². The van der Waals surface area contributed by atoms with Crippen LogP contribution in [0.2, 0.25) is 0 Å². The van der Waals surface area contributed by atoms with E-state index in [1.165, 1.54) is 44.3 Å². The van der Waals surface area contributed by atoms with Gasteiger partial charge in [-0.15, -0.1) is 24.0 Å². The Morgan fingerprint density at radius 2 is 1.75 bits per heavy atom. The Bertz CT molecular complexity index is 675. The maximum absolute atomic E-state index is 5.35. The summed E-state index contributed by atoms with van der Waals surface area (Å²) in [6.45, 7) is 14.1. The summed E-state index contributed by atoms with van der Waals surface area (Å²) < 4.78 is 5.35. The van der Waals surface area contributed by atoms with Gasteiger partial charge in [-0.1, -0.05) is 12.1 Å². The molecular weight excluding hydrogens is 513 g/mol. The number of guanidine groups is 1. The van der Waals surface area contributed by atoms with E-state index in [1.54, 1.807) is 7.11 Å². The zero-order valence-corrected chi connectivity index (χ0v) is 22.8. The lowest BCUT2D eigenvalue weighted by atomic mass is 9.97. The number of likely N-dealkylation sites (tertiary alicyclic amines) is 2. The zero-order chi connectivity index (χ0) is 22.1. The molecule has 1 aromatic carbocycles. The molecule has 2 aliphatic heterocycles. The average molecular weight is 558 g/mol. The van der Waals surface area contributed by atoms with Crippen molar-refractivity contribution in [2.24, 2.45) is 10.9 Å². The van der Waals surface area contributed by atoms with Gasteiger partial charge in [-0.2, -0.15) is 0 Å². The van der Waals surface area contributed by atoms with E-state index in [0.717, 1.165) is 44.4 Å². The van der Waals surface area contributed by atoms with Crippen molar-refractivity contribution in [2.45, 2.75) is 58.5 Å². The molecule has 1 aromatic rings. The van der Waals surface area contributed by atoms with E-state index < -0.39 is 0 Å². The molecule has 0 aromatic heterocycles. The first-order valence-electron chi connectivity index (χ1n) is 12.2. The molecular formula is C25H44IN5O. The van der Waals surface area contributed by atoms with Crippen molar-refractivity contribution in [1.29, 1.82) is 0 Å². The predicted molar refractivity (Wildman–Crippen MR) is 145 cm³/mol. The Balaban J connectivity index is 0.00000363. The maximum atomic E-state index is 5.35.